The molecular formula is C18H19ClO2. The maximum absolute atomic E-state index is 12.3. The van der Waals surface area contributed by atoms with Gasteiger partial charge in [-0.05, 0) is 43.2 Å². The van der Waals surface area contributed by atoms with E-state index in [0.717, 1.165) is 12.8 Å². The fourth-order valence-corrected chi connectivity index (χ4v) is 2.35. The van der Waals surface area contributed by atoms with Gasteiger partial charge in [0.25, 0.3) is 0 Å². The van der Waals surface area contributed by atoms with Crippen molar-refractivity contribution in [3.05, 3.63) is 64.7 Å². The third-order valence-corrected chi connectivity index (χ3v) is 3.49. The Bertz CT molecular complexity index is 605. The van der Waals surface area contributed by atoms with Gasteiger partial charge in [0.15, 0.2) is 6.10 Å². The van der Waals surface area contributed by atoms with E-state index in [1.807, 2.05) is 24.3 Å². The second kappa shape index (κ2) is 7.28. The van der Waals surface area contributed by atoms with Crippen molar-refractivity contribution in [2.24, 2.45) is 0 Å². The molecule has 0 saturated carbocycles. The zero-order valence-electron chi connectivity index (χ0n) is 12.3. The average Bonchev–Trinajstić information content (AvgIpc) is 2.48. The van der Waals surface area contributed by atoms with Crippen LogP contribution in [0.1, 0.15) is 36.2 Å². The highest BCUT2D eigenvalue weighted by Crippen LogP contribution is 2.18. The van der Waals surface area contributed by atoms with Gasteiger partial charge in [0.2, 0.25) is 5.78 Å². The number of carbonyl (C=O) groups is 1. The molecule has 3 heteroatoms. The fraction of sp³-hybridized carbons (Fsp3) is 0.278. The lowest BCUT2D eigenvalue weighted by molar-refractivity contribution is 0.0818. The van der Waals surface area contributed by atoms with Crippen LogP contribution < -0.4 is 4.74 Å². The van der Waals surface area contributed by atoms with Crippen LogP contribution in [-0.2, 0) is 6.42 Å². The van der Waals surface area contributed by atoms with Crippen molar-refractivity contribution in [3.63, 3.8) is 0 Å². The molecule has 0 saturated heterocycles. The molecule has 0 aliphatic rings. The number of ether oxygens (including phenoxy) is 1. The van der Waals surface area contributed by atoms with Crippen LogP contribution in [0.4, 0.5) is 0 Å². The molecule has 1 atom stereocenters. The van der Waals surface area contributed by atoms with Crippen molar-refractivity contribution in [1.82, 2.24) is 0 Å². The molecule has 0 radical (unpaired) electrons. The lowest BCUT2D eigenvalue weighted by atomic mass is 10.1. The van der Waals surface area contributed by atoms with E-state index in [-0.39, 0.29) is 5.78 Å². The average molecular weight is 303 g/mol. The highest BCUT2D eigenvalue weighted by atomic mass is 35.5. The Morgan fingerprint density at radius 1 is 1.19 bits per heavy atom. The van der Waals surface area contributed by atoms with E-state index in [4.69, 9.17) is 16.3 Å². The van der Waals surface area contributed by atoms with Crippen molar-refractivity contribution in [2.75, 3.05) is 0 Å². The molecule has 2 rings (SSSR count). The van der Waals surface area contributed by atoms with Crippen LogP contribution in [0.5, 0.6) is 5.75 Å². The number of halogens is 1. The number of rotatable bonds is 6. The van der Waals surface area contributed by atoms with E-state index in [9.17, 15) is 4.79 Å². The summed E-state index contributed by atoms with van der Waals surface area (Å²) >= 11 is 5.91. The first kappa shape index (κ1) is 15.6. The summed E-state index contributed by atoms with van der Waals surface area (Å²) in [5.41, 5.74) is 1.84. The maximum atomic E-state index is 12.3. The molecule has 1 unspecified atom stereocenters. The highest BCUT2D eigenvalue weighted by molar-refractivity contribution is 6.31. The van der Waals surface area contributed by atoms with Gasteiger partial charge >= 0.3 is 0 Å². The van der Waals surface area contributed by atoms with Gasteiger partial charge in [0.1, 0.15) is 5.75 Å². The minimum absolute atomic E-state index is 0.0739. The Hall–Kier alpha value is -1.80. The van der Waals surface area contributed by atoms with Crippen LogP contribution in [0.3, 0.4) is 0 Å². The van der Waals surface area contributed by atoms with Crippen LogP contribution in [0.2, 0.25) is 5.02 Å². The molecule has 0 bridgehead atoms. The minimum Gasteiger partial charge on any atom is -0.483 e. The summed E-state index contributed by atoms with van der Waals surface area (Å²) in [6, 6.07) is 14.8. The molecule has 0 aromatic heterocycles. The second-order valence-corrected chi connectivity index (χ2v) is 5.47. The van der Waals surface area contributed by atoms with Crippen molar-refractivity contribution >= 4 is 17.4 Å². The number of Topliss-reactive ketones (excluding diaryl/α,β-unsaturated/α-hetero) is 1. The van der Waals surface area contributed by atoms with E-state index < -0.39 is 6.10 Å². The smallest absolute Gasteiger partial charge is 0.203 e. The fourth-order valence-electron chi connectivity index (χ4n) is 2.16. The number of benzene rings is 2. The first-order valence-corrected chi connectivity index (χ1v) is 7.53. The van der Waals surface area contributed by atoms with Crippen LogP contribution in [0.25, 0.3) is 0 Å². The molecule has 0 heterocycles. The summed E-state index contributed by atoms with van der Waals surface area (Å²) in [6.07, 6.45) is 1.63. The first-order chi connectivity index (χ1) is 10.1. The van der Waals surface area contributed by atoms with Crippen molar-refractivity contribution in [3.8, 4) is 5.75 Å². The molecule has 0 aliphatic carbocycles. The maximum Gasteiger partial charge on any atom is 0.203 e. The highest BCUT2D eigenvalue weighted by Gasteiger charge is 2.17. The predicted molar refractivity (Wildman–Crippen MR) is 86.3 cm³/mol. The summed E-state index contributed by atoms with van der Waals surface area (Å²) in [7, 11) is 0. The number of hydrogen-bond donors (Lipinski definition) is 0. The zero-order chi connectivity index (χ0) is 15.2. The topological polar surface area (TPSA) is 26.3 Å². The zero-order valence-corrected chi connectivity index (χ0v) is 13.1. The lowest BCUT2D eigenvalue weighted by Gasteiger charge is -2.14. The lowest BCUT2D eigenvalue weighted by Crippen LogP contribution is -2.23. The number of ketones is 1. The van der Waals surface area contributed by atoms with Crippen LogP contribution in [-0.4, -0.2) is 11.9 Å². The van der Waals surface area contributed by atoms with Crippen LogP contribution in [0, 0.1) is 0 Å². The Kier molecular flexibility index (Phi) is 5.40. The quantitative estimate of drug-likeness (QED) is 0.706. The molecule has 0 spiro atoms. The molecule has 0 fully saturated rings. The predicted octanol–water partition coefficient (Wildman–Crippen LogP) is 4.94. The molecule has 0 N–H and O–H groups in total. The molecule has 0 aliphatic heterocycles. The number of hydrogen-bond acceptors (Lipinski definition) is 2. The van der Waals surface area contributed by atoms with Crippen molar-refractivity contribution in [2.45, 2.75) is 32.8 Å². The number of carbonyl (C=O) groups excluding carboxylic acids is 1. The Balaban J connectivity index is 2.03. The van der Waals surface area contributed by atoms with Crippen molar-refractivity contribution < 1.29 is 9.53 Å². The monoisotopic (exact) mass is 302 g/mol. The molecule has 2 aromatic rings. The normalized spacial score (nSPS) is 12.0. The van der Waals surface area contributed by atoms with E-state index >= 15 is 0 Å². The summed E-state index contributed by atoms with van der Waals surface area (Å²) in [4.78, 5) is 12.3. The Labute approximate surface area is 130 Å². The van der Waals surface area contributed by atoms with Gasteiger partial charge in [0.05, 0.1) is 0 Å². The molecular weight excluding hydrogens is 284 g/mol. The number of aryl methyl sites for hydroxylation is 1. The van der Waals surface area contributed by atoms with Gasteiger partial charge < -0.3 is 4.74 Å². The molecule has 0 amide bonds. The van der Waals surface area contributed by atoms with E-state index in [0.29, 0.717) is 16.3 Å². The summed E-state index contributed by atoms with van der Waals surface area (Å²) < 4.78 is 5.71. The largest absolute Gasteiger partial charge is 0.483 e. The third kappa shape index (κ3) is 4.33. The van der Waals surface area contributed by atoms with Gasteiger partial charge in [-0.2, -0.15) is 0 Å². The van der Waals surface area contributed by atoms with Crippen molar-refractivity contribution in [1.29, 1.82) is 0 Å². The summed E-state index contributed by atoms with van der Waals surface area (Å²) in [6.45, 7) is 3.90. The van der Waals surface area contributed by atoms with Gasteiger partial charge in [-0.15, -0.1) is 0 Å². The van der Waals surface area contributed by atoms with Gasteiger partial charge in [-0.25, -0.2) is 0 Å². The van der Waals surface area contributed by atoms with Gasteiger partial charge in [0, 0.05) is 10.6 Å². The molecule has 2 aromatic carbocycles. The van der Waals surface area contributed by atoms with Gasteiger partial charge in [-0.3, -0.25) is 4.79 Å². The molecule has 2 nitrogen and oxygen atoms in total. The summed E-state index contributed by atoms with van der Waals surface area (Å²) in [5.74, 6) is 0.632. The first-order valence-electron chi connectivity index (χ1n) is 7.15. The Morgan fingerprint density at radius 3 is 2.52 bits per heavy atom. The molecule has 21 heavy (non-hydrogen) atoms. The molecule has 110 valence electrons. The van der Waals surface area contributed by atoms with Crippen LogP contribution in [0.15, 0.2) is 48.5 Å². The third-order valence-electron chi connectivity index (χ3n) is 3.25. The second-order valence-electron chi connectivity index (χ2n) is 5.03. The summed E-state index contributed by atoms with van der Waals surface area (Å²) in [5, 5.41) is 0.553. The van der Waals surface area contributed by atoms with E-state index in [1.54, 1.807) is 31.2 Å². The van der Waals surface area contributed by atoms with E-state index in [1.165, 1.54) is 5.56 Å². The standard InChI is InChI=1S/C18H19ClO2/c1-3-5-14-8-10-17(11-9-14)21-13(2)18(20)15-6-4-7-16(19)12-15/h4,6-13H,3,5H2,1-2H3. The van der Waals surface area contributed by atoms with E-state index in [2.05, 4.69) is 6.92 Å². The van der Waals surface area contributed by atoms with Gasteiger partial charge in [-0.1, -0.05) is 49.2 Å². The van der Waals surface area contributed by atoms with Crippen LogP contribution >= 0.6 is 11.6 Å². The SMILES string of the molecule is CCCc1ccc(OC(C)C(=O)c2cccc(Cl)c2)cc1. The minimum atomic E-state index is -0.541. The Morgan fingerprint density at radius 2 is 1.90 bits per heavy atom.